The largest absolute Gasteiger partial charge is 0.344 e. The molecule has 3 aliphatic rings. The molecule has 1 atom stereocenters. The van der Waals surface area contributed by atoms with Crippen LogP contribution in [0, 0.1) is 17.6 Å². The fourth-order valence-corrected chi connectivity index (χ4v) is 4.46. The van der Waals surface area contributed by atoms with Crippen LogP contribution in [0.4, 0.5) is 18.4 Å². The average Bonchev–Trinajstić information content (AvgIpc) is 3.12. The molecule has 10 nitrogen and oxygen atoms in total. The molecule has 3 fully saturated rings. The Morgan fingerprint density at radius 2 is 1.73 bits per heavy atom. The van der Waals surface area contributed by atoms with Gasteiger partial charge in [0.05, 0.1) is 0 Å². The van der Waals surface area contributed by atoms with E-state index in [9.17, 15) is 32.8 Å². The highest BCUT2D eigenvalue weighted by molar-refractivity contribution is 6.10. The minimum Gasteiger partial charge on any atom is -0.322 e. The zero-order chi connectivity index (χ0) is 24.1. The normalized spacial score (nSPS) is 29.5. The molecule has 1 aromatic rings. The number of hydrogen-bond donors (Lipinski definition) is 3. The molecule has 0 aromatic heterocycles. The molecule has 12 heteroatoms. The number of amides is 7. The molecule has 2 aliphatic heterocycles. The second-order valence-electron chi connectivity index (χ2n) is 8.95. The molecule has 1 spiro atoms. The number of carbonyl (C=O) groups excluding carboxylic acids is 5. The summed E-state index contributed by atoms with van der Waals surface area (Å²) in [4.78, 5) is 63.6. The SMILES string of the molecule is CC1CCC2(CC1)NC(=O)N(NC(=O)CN1C(=O)N[C@](C)(c3ccc(F)c(F)c3)C1=O)C2=O. The first-order valence-corrected chi connectivity index (χ1v) is 10.5. The van der Waals surface area contributed by atoms with Crippen molar-refractivity contribution in [3.05, 3.63) is 35.4 Å². The van der Waals surface area contributed by atoms with Gasteiger partial charge >= 0.3 is 12.1 Å². The molecule has 0 bridgehead atoms. The number of nitrogens with one attached hydrogen (secondary N) is 3. The first kappa shape index (κ1) is 22.6. The number of nitrogens with zero attached hydrogens (tertiary/aromatic N) is 2. The van der Waals surface area contributed by atoms with Gasteiger partial charge in [-0.25, -0.2) is 18.4 Å². The summed E-state index contributed by atoms with van der Waals surface area (Å²) in [5.41, 5.74) is -0.640. The number of carbonyl (C=O) groups is 5. The van der Waals surface area contributed by atoms with E-state index < -0.39 is 59.0 Å². The van der Waals surface area contributed by atoms with Crippen molar-refractivity contribution in [2.24, 2.45) is 5.92 Å². The molecule has 2 saturated heterocycles. The first-order valence-electron chi connectivity index (χ1n) is 10.5. The predicted octanol–water partition coefficient (Wildman–Crippen LogP) is 1.26. The number of imide groups is 2. The van der Waals surface area contributed by atoms with Crippen LogP contribution < -0.4 is 16.1 Å². The number of hydrogen-bond acceptors (Lipinski definition) is 5. The molecule has 4 rings (SSSR count). The highest BCUT2D eigenvalue weighted by Gasteiger charge is 2.54. The summed E-state index contributed by atoms with van der Waals surface area (Å²) in [5, 5.41) is 5.59. The topological polar surface area (TPSA) is 128 Å². The number of rotatable bonds is 4. The van der Waals surface area contributed by atoms with Gasteiger partial charge in [0.25, 0.3) is 17.7 Å². The van der Waals surface area contributed by atoms with Crippen molar-refractivity contribution in [1.82, 2.24) is 26.0 Å². The molecule has 33 heavy (non-hydrogen) atoms. The van der Waals surface area contributed by atoms with E-state index >= 15 is 0 Å². The maximum absolute atomic E-state index is 13.7. The standard InChI is InChI=1S/C21H23F2N5O5/c1-11-5-7-21(8-6-11)17(31)28(19(33)25-21)26-15(29)10-27-16(30)20(2,24-18(27)32)12-3-4-13(22)14(23)9-12/h3-4,9,11H,5-8,10H2,1-2H3,(H,24,32)(H,25,33)(H,26,29)/t11?,20-,21?/m1/s1. The van der Waals surface area contributed by atoms with Crippen molar-refractivity contribution in [2.75, 3.05) is 6.54 Å². The van der Waals surface area contributed by atoms with Gasteiger partial charge in [-0.05, 0) is 56.2 Å². The molecule has 1 aromatic carbocycles. The minimum absolute atomic E-state index is 0.00905. The molecular formula is C21H23F2N5O5. The van der Waals surface area contributed by atoms with E-state index in [1.54, 1.807) is 0 Å². The van der Waals surface area contributed by atoms with Gasteiger partial charge in [0.1, 0.15) is 17.6 Å². The van der Waals surface area contributed by atoms with Gasteiger partial charge in [0.15, 0.2) is 11.6 Å². The number of urea groups is 2. The molecule has 1 saturated carbocycles. The lowest BCUT2D eigenvalue weighted by molar-refractivity contribution is -0.141. The molecule has 0 radical (unpaired) electrons. The van der Waals surface area contributed by atoms with E-state index in [0.29, 0.717) is 28.7 Å². The predicted molar refractivity (Wildman–Crippen MR) is 108 cm³/mol. The van der Waals surface area contributed by atoms with Crippen LogP contribution in [-0.2, 0) is 19.9 Å². The fraction of sp³-hybridized carbons (Fsp3) is 0.476. The van der Waals surface area contributed by atoms with Crippen LogP contribution >= 0.6 is 0 Å². The summed E-state index contributed by atoms with van der Waals surface area (Å²) in [6.45, 7) is 2.56. The monoisotopic (exact) mass is 463 g/mol. The van der Waals surface area contributed by atoms with Crippen LogP contribution in [0.5, 0.6) is 0 Å². The first-order chi connectivity index (χ1) is 15.5. The van der Waals surface area contributed by atoms with E-state index in [1.165, 1.54) is 6.92 Å². The lowest BCUT2D eigenvalue weighted by Gasteiger charge is -2.33. The summed E-state index contributed by atoms with van der Waals surface area (Å²) in [5.74, 6) is -4.30. The lowest BCUT2D eigenvalue weighted by Crippen LogP contribution is -2.53. The molecule has 1 aliphatic carbocycles. The number of halogens is 2. The summed E-state index contributed by atoms with van der Waals surface area (Å²) in [7, 11) is 0. The van der Waals surface area contributed by atoms with Crippen molar-refractivity contribution in [3.8, 4) is 0 Å². The van der Waals surface area contributed by atoms with Crippen LogP contribution in [0.25, 0.3) is 0 Å². The van der Waals surface area contributed by atoms with Gasteiger partial charge in [0, 0.05) is 0 Å². The highest BCUT2D eigenvalue weighted by Crippen LogP contribution is 2.36. The van der Waals surface area contributed by atoms with Crippen molar-refractivity contribution in [1.29, 1.82) is 0 Å². The number of benzene rings is 1. The van der Waals surface area contributed by atoms with Gasteiger partial charge in [-0.1, -0.05) is 13.0 Å². The molecule has 0 unspecified atom stereocenters. The highest BCUT2D eigenvalue weighted by atomic mass is 19.2. The van der Waals surface area contributed by atoms with Crippen LogP contribution in [0.1, 0.15) is 45.1 Å². The number of hydrazine groups is 1. The van der Waals surface area contributed by atoms with E-state index in [-0.39, 0.29) is 5.56 Å². The van der Waals surface area contributed by atoms with Crippen molar-refractivity contribution >= 4 is 29.8 Å². The second kappa shape index (κ2) is 7.78. The van der Waals surface area contributed by atoms with Crippen molar-refractivity contribution in [2.45, 2.75) is 50.6 Å². The Labute approximate surface area is 187 Å². The van der Waals surface area contributed by atoms with E-state index in [1.807, 2.05) is 0 Å². The van der Waals surface area contributed by atoms with Gasteiger partial charge < -0.3 is 10.6 Å². The Bertz CT molecular complexity index is 1070. The Balaban J connectivity index is 1.45. The second-order valence-corrected chi connectivity index (χ2v) is 8.95. The zero-order valence-electron chi connectivity index (χ0n) is 18.0. The summed E-state index contributed by atoms with van der Waals surface area (Å²) < 4.78 is 26.9. The van der Waals surface area contributed by atoms with Crippen molar-refractivity contribution < 1.29 is 32.8 Å². The quantitative estimate of drug-likeness (QED) is 0.580. The van der Waals surface area contributed by atoms with Gasteiger partial charge in [-0.15, -0.1) is 0 Å². The Hall–Kier alpha value is -3.57. The van der Waals surface area contributed by atoms with E-state index in [2.05, 4.69) is 23.0 Å². The zero-order valence-corrected chi connectivity index (χ0v) is 18.0. The Kier molecular flexibility index (Phi) is 5.33. The van der Waals surface area contributed by atoms with E-state index in [4.69, 9.17) is 0 Å². The van der Waals surface area contributed by atoms with Gasteiger partial charge in [0.2, 0.25) is 0 Å². The minimum atomic E-state index is -1.73. The fourth-order valence-electron chi connectivity index (χ4n) is 4.46. The molecule has 7 amide bonds. The average molecular weight is 463 g/mol. The third-order valence-electron chi connectivity index (χ3n) is 6.60. The molecule has 2 heterocycles. The molecular weight excluding hydrogens is 440 g/mol. The third kappa shape index (κ3) is 3.68. The van der Waals surface area contributed by atoms with Crippen LogP contribution in [0.2, 0.25) is 0 Å². The summed E-state index contributed by atoms with van der Waals surface area (Å²) in [6.07, 6.45) is 2.40. The van der Waals surface area contributed by atoms with Crippen LogP contribution in [0.15, 0.2) is 18.2 Å². The Morgan fingerprint density at radius 1 is 1.06 bits per heavy atom. The lowest BCUT2D eigenvalue weighted by atomic mass is 9.77. The maximum atomic E-state index is 13.7. The molecule has 176 valence electrons. The van der Waals surface area contributed by atoms with Crippen molar-refractivity contribution in [3.63, 3.8) is 0 Å². The third-order valence-corrected chi connectivity index (χ3v) is 6.60. The van der Waals surface area contributed by atoms with Crippen LogP contribution in [-0.4, -0.2) is 51.8 Å². The van der Waals surface area contributed by atoms with Gasteiger partial charge in [-0.3, -0.25) is 24.7 Å². The summed E-state index contributed by atoms with van der Waals surface area (Å²) in [6, 6.07) is 1.04. The van der Waals surface area contributed by atoms with E-state index in [0.717, 1.165) is 31.0 Å². The van der Waals surface area contributed by atoms with Gasteiger partial charge in [-0.2, -0.15) is 5.01 Å². The summed E-state index contributed by atoms with van der Waals surface area (Å²) >= 11 is 0. The Morgan fingerprint density at radius 3 is 2.36 bits per heavy atom. The molecule has 3 N–H and O–H groups in total. The van der Waals surface area contributed by atoms with Crippen LogP contribution in [0.3, 0.4) is 0 Å². The smallest absolute Gasteiger partial charge is 0.322 e. The maximum Gasteiger partial charge on any atom is 0.344 e.